The number of piperidine rings is 1. The quantitative estimate of drug-likeness (QED) is 0.712. The number of amides is 2. The maximum absolute atomic E-state index is 12.7. The van der Waals surface area contributed by atoms with E-state index in [-0.39, 0.29) is 11.8 Å². The second-order valence-electron chi connectivity index (χ2n) is 7.10. The number of hydrogen-bond donors (Lipinski definition) is 1. The zero-order valence-corrected chi connectivity index (χ0v) is 16.1. The molecule has 1 aliphatic rings. The lowest BCUT2D eigenvalue weighted by atomic mass is 9.96. The van der Waals surface area contributed by atoms with E-state index in [0.717, 1.165) is 23.8 Å². The molecule has 0 unspecified atom stereocenters. The minimum Gasteiger partial charge on any atom is -0.451 e. The van der Waals surface area contributed by atoms with Crippen LogP contribution >= 0.6 is 11.6 Å². The number of furan rings is 1. The Labute approximate surface area is 168 Å². The third-order valence-electron chi connectivity index (χ3n) is 5.18. The number of nitrogens with zero attached hydrogens (tertiary/aromatic N) is 1. The van der Waals surface area contributed by atoms with Gasteiger partial charge in [-0.15, -0.1) is 0 Å². The van der Waals surface area contributed by atoms with Crippen LogP contribution in [0.2, 0.25) is 5.02 Å². The fraction of sp³-hybridized carbons (Fsp3) is 0.273. The zero-order valence-electron chi connectivity index (χ0n) is 15.4. The van der Waals surface area contributed by atoms with Crippen molar-refractivity contribution in [1.82, 2.24) is 10.2 Å². The van der Waals surface area contributed by atoms with Crippen molar-refractivity contribution < 1.29 is 14.0 Å². The van der Waals surface area contributed by atoms with Crippen LogP contribution < -0.4 is 5.32 Å². The molecule has 4 rings (SSSR count). The Morgan fingerprint density at radius 3 is 2.61 bits per heavy atom. The van der Waals surface area contributed by atoms with Crippen molar-refractivity contribution in [1.29, 1.82) is 0 Å². The molecule has 0 atom stereocenters. The average molecular weight is 397 g/mol. The van der Waals surface area contributed by atoms with Gasteiger partial charge in [-0.05, 0) is 49.1 Å². The number of benzene rings is 2. The fourth-order valence-corrected chi connectivity index (χ4v) is 3.74. The number of carbonyl (C=O) groups is 2. The van der Waals surface area contributed by atoms with Gasteiger partial charge in [0.15, 0.2) is 5.76 Å². The Hall–Kier alpha value is -2.79. The van der Waals surface area contributed by atoms with Crippen molar-refractivity contribution in [3.05, 3.63) is 70.9 Å². The van der Waals surface area contributed by atoms with Crippen LogP contribution in [0, 0.1) is 5.92 Å². The summed E-state index contributed by atoms with van der Waals surface area (Å²) in [5.41, 5.74) is 1.29. The van der Waals surface area contributed by atoms with Gasteiger partial charge in [-0.2, -0.15) is 0 Å². The molecule has 1 fully saturated rings. The van der Waals surface area contributed by atoms with Crippen molar-refractivity contribution in [2.45, 2.75) is 12.8 Å². The highest BCUT2D eigenvalue weighted by Gasteiger charge is 2.26. The second kappa shape index (κ2) is 8.07. The highest BCUT2D eigenvalue weighted by atomic mass is 35.5. The predicted octanol–water partition coefficient (Wildman–Crippen LogP) is 4.37. The molecule has 1 aliphatic heterocycles. The number of likely N-dealkylation sites (tertiary alicyclic amines) is 1. The Bertz CT molecular complexity index is 973. The van der Waals surface area contributed by atoms with E-state index in [1.54, 1.807) is 30.3 Å². The summed E-state index contributed by atoms with van der Waals surface area (Å²) in [6.07, 6.45) is 1.70. The van der Waals surface area contributed by atoms with Gasteiger partial charge in [0.1, 0.15) is 5.58 Å². The Kier molecular flexibility index (Phi) is 5.35. The predicted molar refractivity (Wildman–Crippen MR) is 109 cm³/mol. The van der Waals surface area contributed by atoms with Gasteiger partial charge in [-0.1, -0.05) is 35.9 Å². The molecule has 0 spiro atoms. The standard InChI is InChI=1S/C22H21ClN2O3/c23-18-6-3-5-17(12-18)21(26)24-14-15-8-10-25(11-9-15)22(27)20-13-16-4-1-2-7-19(16)28-20/h1-7,12-13,15H,8-11,14H2,(H,24,26). The van der Waals surface area contributed by atoms with E-state index < -0.39 is 0 Å². The second-order valence-corrected chi connectivity index (χ2v) is 7.54. The molecule has 28 heavy (non-hydrogen) atoms. The van der Waals surface area contributed by atoms with Gasteiger partial charge >= 0.3 is 0 Å². The zero-order chi connectivity index (χ0) is 19.5. The lowest BCUT2D eigenvalue weighted by molar-refractivity contribution is 0.0655. The van der Waals surface area contributed by atoms with E-state index in [2.05, 4.69) is 5.32 Å². The summed E-state index contributed by atoms with van der Waals surface area (Å²) in [7, 11) is 0. The molecule has 1 aromatic heterocycles. The van der Waals surface area contributed by atoms with Crippen LogP contribution in [0.1, 0.15) is 33.8 Å². The Morgan fingerprint density at radius 2 is 1.86 bits per heavy atom. The van der Waals surface area contributed by atoms with Gasteiger partial charge in [0, 0.05) is 35.6 Å². The maximum Gasteiger partial charge on any atom is 0.289 e. The summed E-state index contributed by atoms with van der Waals surface area (Å²) in [5.74, 6) is 0.540. The highest BCUT2D eigenvalue weighted by molar-refractivity contribution is 6.30. The lowest BCUT2D eigenvalue weighted by Crippen LogP contribution is -2.41. The molecule has 1 saturated heterocycles. The summed E-state index contributed by atoms with van der Waals surface area (Å²) < 4.78 is 5.69. The Morgan fingerprint density at radius 1 is 1.07 bits per heavy atom. The van der Waals surface area contributed by atoms with Crippen molar-refractivity contribution in [2.24, 2.45) is 5.92 Å². The molecule has 5 nitrogen and oxygen atoms in total. The first-order chi connectivity index (χ1) is 13.6. The number of hydrogen-bond acceptors (Lipinski definition) is 3. The van der Waals surface area contributed by atoms with Crippen molar-refractivity contribution in [3.8, 4) is 0 Å². The molecular weight excluding hydrogens is 376 g/mol. The molecule has 0 radical (unpaired) electrons. The van der Waals surface area contributed by atoms with E-state index in [9.17, 15) is 9.59 Å². The largest absolute Gasteiger partial charge is 0.451 e. The molecule has 3 aromatic rings. The summed E-state index contributed by atoms with van der Waals surface area (Å²) in [4.78, 5) is 26.8. The van der Waals surface area contributed by atoms with Crippen molar-refractivity contribution in [2.75, 3.05) is 19.6 Å². The van der Waals surface area contributed by atoms with Crippen LogP contribution in [0.25, 0.3) is 11.0 Å². The maximum atomic E-state index is 12.7. The fourth-order valence-electron chi connectivity index (χ4n) is 3.55. The average Bonchev–Trinajstić information content (AvgIpc) is 3.16. The van der Waals surface area contributed by atoms with Crippen LogP contribution in [-0.2, 0) is 0 Å². The number of halogens is 1. The summed E-state index contributed by atoms with van der Waals surface area (Å²) in [5, 5.41) is 4.45. The van der Waals surface area contributed by atoms with Gasteiger partial charge in [0.2, 0.25) is 0 Å². The van der Waals surface area contributed by atoms with Gasteiger partial charge in [-0.3, -0.25) is 9.59 Å². The lowest BCUT2D eigenvalue weighted by Gasteiger charge is -2.31. The molecular formula is C22H21ClN2O3. The van der Waals surface area contributed by atoms with Gasteiger partial charge in [0.05, 0.1) is 0 Å². The third-order valence-corrected chi connectivity index (χ3v) is 5.41. The van der Waals surface area contributed by atoms with Crippen LogP contribution in [0.4, 0.5) is 0 Å². The first-order valence-corrected chi connectivity index (χ1v) is 9.79. The van der Waals surface area contributed by atoms with Crippen LogP contribution in [0.3, 0.4) is 0 Å². The number of carbonyl (C=O) groups excluding carboxylic acids is 2. The molecule has 2 aromatic carbocycles. The SMILES string of the molecule is O=C(NCC1CCN(C(=O)c2cc3ccccc3o2)CC1)c1cccc(Cl)c1. The Balaban J connectivity index is 1.29. The van der Waals surface area contributed by atoms with Gasteiger partial charge < -0.3 is 14.6 Å². The van der Waals surface area contributed by atoms with Crippen LogP contribution in [0.15, 0.2) is 59.0 Å². The first kappa shape index (κ1) is 18.6. The number of para-hydroxylation sites is 1. The highest BCUT2D eigenvalue weighted by Crippen LogP contribution is 2.23. The van der Waals surface area contributed by atoms with E-state index in [4.69, 9.17) is 16.0 Å². The van der Waals surface area contributed by atoms with E-state index in [0.29, 0.717) is 41.9 Å². The molecule has 2 amide bonds. The van der Waals surface area contributed by atoms with Gasteiger partial charge in [-0.25, -0.2) is 0 Å². The molecule has 1 N–H and O–H groups in total. The summed E-state index contributed by atoms with van der Waals surface area (Å²) in [6.45, 7) is 1.92. The molecule has 2 heterocycles. The molecule has 144 valence electrons. The van der Waals surface area contributed by atoms with Gasteiger partial charge in [0.25, 0.3) is 11.8 Å². The smallest absolute Gasteiger partial charge is 0.289 e. The topological polar surface area (TPSA) is 62.6 Å². The van der Waals surface area contributed by atoms with Crippen LogP contribution in [0.5, 0.6) is 0 Å². The molecule has 0 saturated carbocycles. The van der Waals surface area contributed by atoms with Crippen LogP contribution in [-0.4, -0.2) is 36.3 Å². The summed E-state index contributed by atoms with van der Waals surface area (Å²) >= 11 is 5.93. The monoisotopic (exact) mass is 396 g/mol. The molecule has 0 bridgehead atoms. The normalized spacial score (nSPS) is 15.0. The van der Waals surface area contributed by atoms with E-state index >= 15 is 0 Å². The minimum atomic E-state index is -0.122. The van der Waals surface area contributed by atoms with Crippen molar-refractivity contribution >= 4 is 34.4 Å². The summed E-state index contributed by atoms with van der Waals surface area (Å²) in [6, 6.07) is 16.3. The van der Waals surface area contributed by atoms with E-state index in [1.165, 1.54) is 0 Å². The minimum absolute atomic E-state index is 0.0717. The molecule has 0 aliphatic carbocycles. The number of rotatable bonds is 4. The first-order valence-electron chi connectivity index (χ1n) is 9.42. The third kappa shape index (κ3) is 4.04. The number of nitrogens with one attached hydrogen (secondary N) is 1. The molecule has 6 heteroatoms. The van der Waals surface area contributed by atoms with Crippen molar-refractivity contribution in [3.63, 3.8) is 0 Å². The number of fused-ring (bicyclic) bond motifs is 1. The van der Waals surface area contributed by atoms with E-state index in [1.807, 2.05) is 29.2 Å².